The molecule has 0 spiro atoms. The molecular formula is C18H28N2O3S. The number of thioether (sulfide) groups is 1. The van der Waals surface area contributed by atoms with E-state index < -0.39 is 6.10 Å². The fraction of sp³-hybridized carbons (Fsp3) is 0.611. The molecule has 6 heteroatoms. The summed E-state index contributed by atoms with van der Waals surface area (Å²) < 4.78 is 5.48. The Labute approximate surface area is 149 Å². The van der Waals surface area contributed by atoms with Crippen LogP contribution in [0.2, 0.25) is 0 Å². The quantitative estimate of drug-likeness (QED) is 0.851. The average molecular weight is 353 g/mol. The molecular weight excluding hydrogens is 324 g/mol. The van der Waals surface area contributed by atoms with Crippen LogP contribution in [0.4, 0.5) is 5.69 Å². The number of anilines is 1. The van der Waals surface area contributed by atoms with Crippen LogP contribution in [0.3, 0.4) is 0 Å². The predicted molar refractivity (Wildman–Crippen MR) is 100 cm³/mol. The number of methoxy groups -OCH3 is 1. The van der Waals surface area contributed by atoms with Crippen molar-refractivity contribution in [3.05, 3.63) is 24.3 Å². The van der Waals surface area contributed by atoms with Crippen LogP contribution in [0.15, 0.2) is 24.3 Å². The largest absolute Gasteiger partial charge is 0.495 e. The standard InChI is InChI=1S/C18H28N2O3S/c1-18(2)13-19(17(22)15(21)9-12-24-4)10-11-20(18)14-7-5-6-8-16(14)23-3/h5-8,15,21H,9-13H2,1-4H3. The van der Waals surface area contributed by atoms with E-state index in [1.165, 1.54) is 0 Å². The molecule has 0 radical (unpaired) electrons. The van der Waals surface area contributed by atoms with E-state index in [1.54, 1.807) is 23.8 Å². The van der Waals surface area contributed by atoms with Gasteiger partial charge in [0.1, 0.15) is 11.9 Å². The Hall–Kier alpha value is -1.40. The second-order valence-electron chi connectivity index (χ2n) is 6.69. The smallest absolute Gasteiger partial charge is 0.251 e. The van der Waals surface area contributed by atoms with Gasteiger partial charge < -0.3 is 19.6 Å². The fourth-order valence-electron chi connectivity index (χ4n) is 3.21. The van der Waals surface area contributed by atoms with Crippen LogP contribution in [-0.2, 0) is 4.79 Å². The third kappa shape index (κ3) is 4.16. The molecule has 1 aliphatic rings. The first-order valence-corrected chi connectivity index (χ1v) is 9.66. The van der Waals surface area contributed by atoms with Crippen LogP contribution in [0.5, 0.6) is 5.75 Å². The molecule has 1 atom stereocenters. The topological polar surface area (TPSA) is 53.0 Å². The van der Waals surface area contributed by atoms with Crippen LogP contribution in [0, 0.1) is 0 Å². The summed E-state index contributed by atoms with van der Waals surface area (Å²) in [6.45, 7) is 6.14. The van der Waals surface area contributed by atoms with Crippen molar-refractivity contribution in [3.63, 3.8) is 0 Å². The molecule has 134 valence electrons. The molecule has 0 saturated carbocycles. The maximum Gasteiger partial charge on any atom is 0.251 e. The number of para-hydroxylation sites is 2. The molecule has 0 bridgehead atoms. The maximum atomic E-state index is 12.5. The van der Waals surface area contributed by atoms with Crippen molar-refractivity contribution in [3.8, 4) is 5.75 Å². The second kappa shape index (κ2) is 8.12. The minimum Gasteiger partial charge on any atom is -0.495 e. The van der Waals surface area contributed by atoms with Gasteiger partial charge in [-0.25, -0.2) is 0 Å². The van der Waals surface area contributed by atoms with Gasteiger partial charge in [-0.3, -0.25) is 4.79 Å². The van der Waals surface area contributed by atoms with E-state index in [0.717, 1.165) is 17.2 Å². The summed E-state index contributed by atoms with van der Waals surface area (Å²) in [5.74, 6) is 1.47. The van der Waals surface area contributed by atoms with E-state index in [9.17, 15) is 9.90 Å². The number of carbonyl (C=O) groups is 1. The first kappa shape index (κ1) is 18.9. The van der Waals surface area contributed by atoms with Crippen molar-refractivity contribution in [2.75, 3.05) is 43.7 Å². The number of benzene rings is 1. The van der Waals surface area contributed by atoms with Crippen molar-refractivity contribution >= 4 is 23.4 Å². The summed E-state index contributed by atoms with van der Waals surface area (Å²) in [7, 11) is 1.67. The lowest BCUT2D eigenvalue weighted by atomic mass is 9.96. The molecule has 0 aromatic heterocycles. The normalized spacial score (nSPS) is 18.4. The molecule has 2 rings (SSSR count). The number of piperazine rings is 1. The number of hydrogen-bond acceptors (Lipinski definition) is 5. The maximum absolute atomic E-state index is 12.5. The Kier molecular flexibility index (Phi) is 6.40. The van der Waals surface area contributed by atoms with Gasteiger partial charge in [0.2, 0.25) is 0 Å². The lowest BCUT2D eigenvalue weighted by molar-refractivity contribution is -0.141. The van der Waals surface area contributed by atoms with Crippen molar-refractivity contribution in [2.45, 2.75) is 31.9 Å². The molecule has 1 fully saturated rings. The molecule has 1 N–H and O–H groups in total. The number of rotatable bonds is 6. The summed E-state index contributed by atoms with van der Waals surface area (Å²) >= 11 is 1.64. The molecule has 1 heterocycles. The molecule has 5 nitrogen and oxygen atoms in total. The first-order chi connectivity index (χ1) is 11.4. The predicted octanol–water partition coefficient (Wildman–Crippen LogP) is 2.24. The Morgan fingerprint density at radius 2 is 2.08 bits per heavy atom. The van der Waals surface area contributed by atoms with Crippen molar-refractivity contribution in [1.82, 2.24) is 4.90 Å². The summed E-state index contributed by atoms with van der Waals surface area (Å²) in [6.07, 6.45) is 1.59. The van der Waals surface area contributed by atoms with Gasteiger partial charge in [-0.2, -0.15) is 11.8 Å². The summed E-state index contributed by atoms with van der Waals surface area (Å²) in [5, 5.41) is 10.1. The second-order valence-corrected chi connectivity index (χ2v) is 7.68. The van der Waals surface area contributed by atoms with E-state index in [1.807, 2.05) is 30.5 Å². The number of ether oxygens (including phenoxy) is 1. The minimum absolute atomic E-state index is 0.156. The number of amides is 1. The van der Waals surface area contributed by atoms with E-state index in [0.29, 0.717) is 26.1 Å². The molecule has 1 aliphatic heterocycles. The van der Waals surface area contributed by atoms with Crippen LogP contribution in [-0.4, -0.2) is 66.3 Å². The molecule has 1 aromatic rings. The average Bonchev–Trinajstić information content (AvgIpc) is 2.58. The molecule has 1 unspecified atom stereocenters. The third-order valence-electron chi connectivity index (χ3n) is 4.47. The number of nitrogens with zero attached hydrogens (tertiary/aromatic N) is 2. The van der Waals surface area contributed by atoms with E-state index in [-0.39, 0.29) is 11.4 Å². The fourth-order valence-corrected chi connectivity index (χ4v) is 3.66. The summed E-state index contributed by atoms with van der Waals surface area (Å²) in [6, 6.07) is 7.95. The van der Waals surface area contributed by atoms with Gasteiger partial charge in [0, 0.05) is 19.6 Å². The number of aliphatic hydroxyl groups is 1. The van der Waals surface area contributed by atoms with Crippen molar-refractivity contribution in [2.24, 2.45) is 0 Å². The van der Waals surface area contributed by atoms with Gasteiger partial charge in [0.15, 0.2) is 0 Å². The number of aliphatic hydroxyl groups excluding tert-OH is 1. The molecule has 1 aromatic carbocycles. The van der Waals surface area contributed by atoms with Gasteiger partial charge in [-0.15, -0.1) is 0 Å². The zero-order valence-corrected chi connectivity index (χ0v) is 15.8. The van der Waals surface area contributed by atoms with Crippen molar-refractivity contribution < 1.29 is 14.6 Å². The highest BCUT2D eigenvalue weighted by molar-refractivity contribution is 7.98. The Balaban J connectivity index is 2.11. The van der Waals surface area contributed by atoms with E-state index >= 15 is 0 Å². The van der Waals surface area contributed by atoms with E-state index in [4.69, 9.17) is 4.74 Å². The molecule has 24 heavy (non-hydrogen) atoms. The van der Waals surface area contributed by atoms with Gasteiger partial charge in [0.05, 0.1) is 18.3 Å². The Bertz CT molecular complexity index is 565. The lowest BCUT2D eigenvalue weighted by Gasteiger charge is -2.49. The van der Waals surface area contributed by atoms with Crippen molar-refractivity contribution in [1.29, 1.82) is 0 Å². The highest BCUT2D eigenvalue weighted by Crippen LogP contribution is 2.34. The SMILES string of the molecule is COc1ccccc1N1CCN(C(=O)C(O)CCSC)CC1(C)C. The van der Waals surface area contributed by atoms with Gasteiger partial charge >= 0.3 is 0 Å². The number of carbonyl (C=O) groups excluding carboxylic acids is 1. The van der Waals surface area contributed by atoms with Crippen LogP contribution >= 0.6 is 11.8 Å². The van der Waals surface area contributed by atoms with Crippen LogP contribution in [0.1, 0.15) is 20.3 Å². The molecule has 1 saturated heterocycles. The highest BCUT2D eigenvalue weighted by Gasteiger charge is 2.38. The highest BCUT2D eigenvalue weighted by atomic mass is 32.2. The van der Waals surface area contributed by atoms with Crippen LogP contribution in [0.25, 0.3) is 0 Å². The molecule has 1 amide bonds. The van der Waals surface area contributed by atoms with Gasteiger partial charge in [-0.1, -0.05) is 12.1 Å². The van der Waals surface area contributed by atoms with Gasteiger partial charge in [-0.05, 0) is 44.4 Å². The Morgan fingerprint density at radius 3 is 2.71 bits per heavy atom. The zero-order valence-electron chi connectivity index (χ0n) is 15.0. The number of hydrogen-bond donors (Lipinski definition) is 1. The van der Waals surface area contributed by atoms with E-state index in [2.05, 4.69) is 18.7 Å². The lowest BCUT2D eigenvalue weighted by Crippen LogP contribution is -2.62. The zero-order chi connectivity index (χ0) is 17.7. The monoisotopic (exact) mass is 352 g/mol. The van der Waals surface area contributed by atoms with Crippen LogP contribution < -0.4 is 9.64 Å². The summed E-state index contributed by atoms with van der Waals surface area (Å²) in [5.41, 5.74) is 0.807. The molecule has 0 aliphatic carbocycles. The minimum atomic E-state index is -0.897. The summed E-state index contributed by atoms with van der Waals surface area (Å²) in [4.78, 5) is 16.6. The third-order valence-corrected chi connectivity index (χ3v) is 5.11. The van der Waals surface area contributed by atoms with Gasteiger partial charge in [0.25, 0.3) is 5.91 Å². The Morgan fingerprint density at radius 1 is 1.38 bits per heavy atom. The first-order valence-electron chi connectivity index (χ1n) is 8.27.